The molecule has 0 aliphatic carbocycles. The van der Waals surface area contributed by atoms with E-state index >= 15 is 0 Å². The fourth-order valence-corrected chi connectivity index (χ4v) is 3.93. The molecule has 0 aliphatic rings. The zero-order valence-corrected chi connectivity index (χ0v) is 21.3. The predicted molar refractivity (Wildman–Crippen MR) is 129 cm³/mol. The molecule has 2 atom stereocenters. The third kappa shape index (κ3) is 6.69. The lowest BCUT2D eigenvalue weighted by Gasteiger charge is -2.15. The van der Waals surface area contributed by atoms with Crippen LogP contribution in [-0.2, 0) is 16.0 Å². The average Bonchev–Trinajstić information content (AvgIpc) is 3.31. The summed E-state index contributed by atoms with van der Waals surface area (Å²) in [4.78, 5) is 4.47. The van der Waals surface area contributed by atoms with Gasteiger partial charge in [0.25, 0.3) is 11.3 Å². The van der Waals surface area contributed by atoms with E-state index in [4.69, 9.17) is 25.3 Å². The topological polar surface area (TPSA) is 103 Å². The molecule has 9 nitrogen and oxygen atoms in total. The second kappa shape index (κ2) is 11.8. The van der Waals surface area contributed by atoms with E-state index < -0.39 is 11.3 Å². The summed E-state index contributed by atoms with van der Waals surface area (Å²) in [5.41, 5.74) is 3.46. The molecular weight excluding hydrogens is 466 g/mol. The fraction of sp³-hybridized carbons (Fsp3) is 0.545. The highest BCUT2D eigenvalue weighted by Gasteiger charge is 2.18. The van der Waals surface area contributed by atoms with Gasteiger partial charge in [-0.05, 0) is 50.5 Å². The molecule has 2 heterocycles. The Morgan fingerprint density at radius 1 is 1.18 bits per heavy atom. The van der Waals surface area contributed by atoms with Gasteiger partial charge in [-0.15, -0.1) is 5.10 Å². The molecule has 3 rings (SSSR count). The van der Waals surface area contributed by atoms with Crippen LogP contribution >= 0.6 is 11.6 Å². The van der Waals surface area contributed by atoms with Gasteiger partial charge in [0.15, 0.2) is 23.0 Å². The number of ether oxygens (including phenoxy) is 2. The minimum atomic E-state index is -1.78. The minimum absolute atomic E-state index is 0.113. The van der Waals surface area contributed by atoms with Gasteiger partial charge in [-0.1, -0.05) is 31.9 Å². The Morgan fingerprint density at radius 2 is 1.91 bits per heavy atom. The molecule has 2 N–H and O–H groups in total. The smallest absolute Gasteiger partial charge is 0.288 e. The number of H-pyrrole nitrogens is 1. The Bertz CT molecular complexity index is 1100. The number of aryl methyl sites for hydroxylation is 3. The molecule has 0 spiro atoms. The van der Waals surface area contributed by atoms with E-state index in [1.54, 1.807) is 4.63 Å². The van der Waals surface area contributed by atoms with Crippen molar-refractivity contribution in [1.29, 1.82) is 0 Å². The largest absolute Gasteiger partial charge is 0.487 e. The van der Waals surface area contributed by atoms with Crippen molar-refractivity contribution in [2.45, 2.75) is 53.4 Å². The fourth-order valence-electron chi connectivity index (χ4n) is 3.03. The highest BCUT2D eigenvalue weighted by molar-refractivity contribution is 7.78. The quantitative estimate of drug-likeness (QED) is 0.343. The van der Waals surface area contributed by atoms with Gasteiger partial charge in [0.2, 0.25) is 0 Å². The lowest BCUT2D eigenvalue weighted by molar-refractivity contribution is 0.0974. The van der Waals surface area contributed by atoms with Gasteiger partial charge >= 0.3 is 0 Å². The van der Waals surface area contributed by atoms with Gasteiger partial charge in [-0.2, -0.15) is 8.84 Å². The molecule has 1 aromatic carbocycles. The molecular formula is C22H32ClN5O4S. The second-order valence-electron chi connectivity index (χ2n) is 8.02. The van der Waals surface area contributed by atoms with Gasteiger partial charge in [-0.3, -0.25) is 5.10 Å². The van der Waals surface area contributed by atoms with Crippen molar-refractivity contribution in [3.8, 4) is 11.5 Å². The van der Waals surface area contributed by atoms with Crippen LogP contribution in [0.25, 0.3) is 5.65 Å². The van der Waals surface area contributed by atoms with Crippen LogP contribution < -0.4 is 13.6 Å². The van der Waals surface area contributed by atoms with Crippen molar-refractivity contribution in [1.82, 2.24) is 24.5 Å². The number of aromatic amines is 1. The summed E-state index contributed by atoms with van der Waals surface area (Å²) >= 11 is 4.45. The number of unbranched alkanes of at least 4 members (excludes halogenated alkanes) is 1. The standard InChI is InChI=1S/C22H32ClN5O4S/c1-6-7-8-30-9-10-31-18-11-14(2)15(3)12-19(18)32-33(29)24-13-16(4)21-25-22-20(23)17(5)26-28(22)27-21/h11-12,16,24,26H,6-10,13H2,1-5H3. The van der Waals surface area contributed by atoms with Crippen LogP contribution in [0.15, 0.2) is 12.1 Å². The van der Waals surface area contributed by atoms with Crippen LogP contribution in [0.2, 0.25) is 5.02 Å². The van der Waals surface area contributed by atoms with Crippen molar-refractivity contribution in [2.24, 2.45) is 0 Å². The molecule has 2 aromatic heterocycles. The van der Waals surface area contributed by atoms with Crippen molar-refractivity contribution in [2.75, 3.05) is 26.4 Å². The van der Waals surface area contributed by atoms with E-state index in [0.717, 1.165) is 36.3 Å². The number of hydrogen-bond donors (Lipinski definition) is 2. The number of nitrogens with zero attached hydrogens (tertiary/aromatic N) is 3. The minimum Gasteiger partial charge on any atom is -0.487 e. The molecule has 0 radical (unpaired) electrons. The van der Waals surface area contributed by atoms with E-state index in [1.807, 2.05) is 39.8 Å². The van der Waals surface area contributed by atoms with Gasteiger partial charge in [0, 0.05) is 19.1 Å². The lowest BCUT2D eigenvalue weighted by Crippen LogP contribution is -2.26. The Labute approximate surface area is 201 Å². The van der Waals surface area contributed by atoms with Crippen LogP contribution in [0.5, 0.6) is 11.5 Å². The first-order chi connectivity index (χ1) is 15.8. The predicted octanol–water partition coefficient (Wildman–Crippen LogP) is 4.18. The maximum Gasteiger partial charge on any atom is 0.288 e. The average molecular weight is 498 g/mol. The van der Waals surface area contributed by atoms with E-state index in [0.29, 0.717) is 47.8 Å². The molecule has 0 bridgehead atoms. The first-order valence-electron chi connectivity index (χ1n) is 11.1. The number of fused-ring (bicyclic) bond motifs is 1. The number of rotatable bonds is 13. The molecule has 0 saturated carbocycles. The molecule has 0 fully saturated rings. The van der Waals surface area contributed by atoms with Crippen LogP contribution in [0.3, 0.4) is 0 Å². The monoisotopic (exact) mass is 497 g/mol. The number of benzene rings is 1. The van der Waals surface area contributed by atoms with E-state index in [1.165, 1.54) is 0 Å². The van der Waals surface area contributed by atoms with Crippen LogP contribution in [0.1, 0.15) is 55.3 Å². The summed E-state index contributed by atoms with van der Waals surface area (Å²) in [5.74, 6) is 1.43. The zero-order chi connectivity index (χ0) is 24.0. The van der Waals surface area contributed by atoms with Crippen molar-refractivity contribution in [3.63, 3.8) is 0 Å². The van der Waals surface area contributed by atoms with Gasteiger partial charge in [-0.25, -0.2) is 9.71 Å². The van der Waals surface area contributed by atoms with E-state index in [2.05, 4.69) is 26.8 Å². The summed E-state index contributed by atoms with van der Waals surface area (Å²) in [5, 5.41) is 7.98. The normalized spacial score (nSPS) is 13.4. The number of halogens is 1. The summed E-state index contributed by atoms with van der Waals surface area (Å²) in [7, 11) is 0. The third-order valence-electron chi connectivity index (χ3n) is 5.22. The van der Waals surface area contributed by atoms with Crippen molar-refractivity contribution in [3.05, 3.63) is 39.8 Å². The highest BCUT2D eigenvalue weighted by atomic mass is 35.5. The lowest BCUT2D eigenvalue weighted by atomic mass is 10.1. The molecule has 11 heteroatoms. The third-order valence-corrected chi connectivity index (χ3v) is 6.41. The summed E-state index contributed by atoms with van der Waals surface area (Å²) in [6, 6.07) is 3.72. The van der Waals surface area contributed by atoms with Crippen LogP contribution in [0.4, 0.5) is 0 Å². The molecule has 0 aliphatic heterocycles. The van der Waals surface area contributed by atoms with E-state index in [-0.39, 0.29) is 5.92 Å². The molecule has 3 aromatic rings. The molecule has 33 heavy (non-hydrogen) atoms. The number of nitrogens with one attached hydrogen (secondary N) is 2. The Morgan fingerprint density at radius 3 is 2.61 bits per heavy atom. The summed E-state index contributed by atoms with van der Waals surface area (Å²) in [6.07, 6.45) is 2.12. The molecule has 2 unspecified atom stereocenters. The Hall–Kier alpha value is -2.14. The molecule has 182 valence electrons. The summed E-state index contributed by atoms with van der Waals surface area (Å²) in [6.45, 7) is 11.8. The summed E-state index contributed by atoms with van der Waals surface area (Å²) < 4.78 is 34.1. The van der Waals surface area contributed by atoms with Crippen molar-refractivity contribution < 1.29 is 17.9 Å². The zero-order valence-electron chi connectivity index (χ0n) is 19.7. The Kier molecular flexibility index (Phi) is 9.13. The van der Waals surface area contributed by atoms with Gasteiger partial charge in [0.1, 0.15) is 11.6 Å². The first-order valence-corrected chi connectivity index (χ1v) is 12.5. The van der Waals surface area contributed by atoms with Crippen molar-refractivity contribution >= 4 is 28.5 Å². The highest BCUT2D eigenvalue weighted by Crippen LogP contribution is 2.31. The van der Waals surface area contributed by atoms with Crippen LogP contribution in [0, 0.1) is 20.8 Å². The number of hydrogen-bond acceptors (Lipinski definition) is 6. The van der Waals surface area contributed by atoms with Gasteiger partial charge in [0.05, 0.1) is 12.3 Å². The molecule has 0 amide bonds. The van der Waals surface area contributed by atoms with Crippen LogP contribution in [-0.4, -0.2) is 50.4 Å². The Balaban J connectivity index is 1.56. The molecule has 0 saturated heterocycles. The van der Waals surface area contributed by atoms with Gasteiger partial charge < -0.3 is 13.7 Å². The maximum atomic E-state index is 12.6. The van der Waals surface area contributed by atoms with E-state index in [9.17, 15) is 4.21 Å². The maximum absolute atomic E-state index is 12.6. The second-order valence-corrected chi connectivity index (χ2v) is 9.32. The first kappa shape index (κ1) is 25.5. The number of aromatic nitrogens is 4. The SMILES string of the molecule is CCCCOCCOc1cc(C)c(C)cc1OS(=O)NCC(C)c1nc2c(Cl)c(C)[nH]n2n1.